The van der Waals surface area contributed by atoms with Crippen LogP contribution >= 0.6 is 12.2 Å². The minimum atomic E-state index is -0.319. The van der Waals surface area contributed by atoms with Crippen molar-refractivity contribution in [1.82, 2.24) is 5.32 Å². The Labute approximate surface area is 192 Å². The largest absolute Gasteiger partial charge is 0.332 e. The Kier molecular flexibility index (Phi) is 6.42. The maximum absolute atomic E-state index is 12.6. The molecule has 0 spiro atoms. The van der Waals surface area contributed by atoms with E-state index in [1.807, 2.05) is 66.7 Å². The molecule has 6 heteroatoms. The van der Waals surface area contributed by atoms with Crippen LogP contribution in [0.25, 0.3) is 6.08 Å². The zero-order chi connectivity index (χ0) is 22.5. The summed E-state index contributed by atoms with van der Waals surface area (Å²) in [5, 5.41) is 5.90. The Balaban J connectivity index is 1.50. The van der Waals surface area contributed by atoms with E-state index in [4.69, 9.17) is 12.2 Å². The van der Waals surface area contributed by atoms with Gasteiger partial charge in [0.1, 0.15) is 0 Å². The van der Waals surface area contributed by atoms with Gasteiger partial charge in [0.15, 0.2) is 5.11 Å². The molecule has 0 unspecified atom stereocenters. The quantitative estimate of drug-likeness (QED) is 0.444. The van der Waals surface area contributed by atoms with Crippen LogP contribution in [0.15, 0.2) is 78.9 Å². The average Bonchev–Trinajstić information content (AvgIpc) is 2.95. The fourth-order valence-corrected chi connectivity index (χ4v) is 4.01. The van der Waals surface area contributed by atoms with E-state index in [2.05, 4.69) is 16.7 Å². The standard InChI is InChI=1S/C26H23N3O2S/c1-18(30)29-23-10-6-5-9-20(23)12-13-21-14-15-22(17-24(21)29)27-26(32)28-25(31)16-11-19-7-3-2-4-8-19/h2-11,14-17H,12-13H2,1H3,(H2,27,28,31,32)/b16-11+. The molecule has 0 saturated heterocycles. The summed E-state index contributed by atoms with van der Waals surface area (Å²) in [5.41, 5.74) is 5.58. The van der Waals surface area contributed by atoms with Gasteiger partial charge in [-0.1, -0.05) is 54.6 Å². The Bertz CT molecular complexity index is 1200. The molecular formula is C26H23N3O2S. The van der Waals surface area contributed by atoms with Gasteiger partial charge in [0.25, 0.3) is 0 Å². The molecule has 0 aliphatic carbocycles. The highest BCUT2D eigenvalue weighted by molar-refractivity contribution is 7.80. The summed E-state index contributed by atoms with van der Waals surface area (Å²) in [4.78, 5) is 26.5. The molecule has 32 heavy (non-hydrogen) atoms. The van der Waals surface area contributed by atoms with Crippen molar-refractivity contribution < 1.29 is 9.59 Å². The molecule has 2 amide bonds. The lowest BCUT2D eigenvalue weighted by molar-refractivity contribution is -0.116. The number of amides is 2. The highest BCUT2D eigenvalue weighted by Crippen LogP contribution is 2.37. The van der Waals surface area contributed by atoms with Crippen LogP contribution in [0.4, 0.5) is 17.1 Å². The second-order valence-corrected chi connectivity index (χ2v) is 7.92. The van der Waals surface area contributed by atoms with E-state index >= 15 is 0 Å². The van der Waals surface area contributed by atoms with E-state index < -0.39 is 0 Å². The molecule has 5 nitrogen and oxygen atoms in total. The monoisotopic (exact) mass is 441 g/mol. The number of nitrogens with zero attached hydrogens (tertiary/aromatic N) is 1. The average molecular weight is 442 g/mol. The zero-order valence-electron chi connectivity index (χ0n) is 17.7. The van der Waals surface area contributed by atoms with Crippen LogP contribution in [0.2, 0.25) is 0 Å². The van der Waals surface area contributed by atoms with Crippen LogP contribution in [0.5, 0.6) is 0 Å². The molecule has 2 N–H and O–H groups in total. The number of nitrogens with one attached hydrogen (secondary N) is 2. The van der Waals surface area contributed by atoms with E-state index in [1.165, 1.54) is 6.08 Å². The number of benzene rings is 3. The first-order chi connectivity index (χ1) is 15.5. The molecule has 0 bridgehead atoms. The third kappa shape index (κ3) is 4.92. The number of hydrogen-bond acceptors (Lipinski definition) is 3. The Morgan fingerprint density at radius 2 is 1.59 bits per heavy atom. The lowest BCUT2D eigenvalue weighted by Crippen LogP contribution is -2.33. The van der Waals surface area contributed by atoms with Crippen molar-refractivity contribution in [3.8, 4) is 0 Å². The fourth-order valence-electron chi connectivity index (χ4n) is 3.79. The first-order valence-electron chi connectivity index (χ1n) is 10.4. The summed E-state index contributed by atoms with van der Waals surface area (Å²) < 4.78 is 0. The predicted octanol–water partition coefficient (Wildman–Crippen LogP) is 5.00. The van der Waals surface area contributed by atoms with Crippen molar-refractivity contribution in [1.29, 1.82) is 0 Å². The van der Waals surface area contributed by atoms with Crippen molar-refractivity contribution in [3.63, 3.8) is 0 Å². The van der Waals surface area contributed by atoms with Gasteiger partial charge in [-0.05, 0) is 66.0 Å². The van der Waals surface area contributed by atoms with Crippen LogP contribution in [0, 0.1) is 0 Å². The number of carbonyl (C=O) groups is 2. The number of thiocarbonyl (C=S) groups is 1. The normalized spacial score (nSPS) is 12.5. The zero-order valence-corrected chi connectivity index (χ0v) is 18.5. The Morgan fingerprint density at radius 1 is 0.906 bits per heavy atom. The van der Waals surface area contributed by atoms with Gasteiger partial charge in [0, 0.05) is 18.7 Å². The van der Waals surface area contributed by atoms with Gasteiger partial charge in [0.05, 0.1) is 11.4 Å². The number of aryl methyl sites for hydroxylation is 2. The molecule has 0 radical (unpaired) electrons. The summed E-state index contributed by atoms with van der Waals surface area (Å²) in [5.74, 6) is -0.375. The Hall–Kier alpha value is -3.77. The van der Waals surface area contributed by atoms with Crippen LogP contribution in [-0.2, 0) is 22.4 Å². The van der Waals surface area contributed by atoms with Crippen molar-refractivity contribution in [2.75, 3.05) is 10.2 Å². The lowest BCUT2D eigenvalue weighted by atomic mass is 10.0. The fraction of sp³-hybridized carbons (Fsp3) is 0.115. The van der Waals surface area contributed by atoms with Crippen LogP contribution in [0.1, 0.15) is 23.6 Å². The summed E-state index contributed by atoms with van der Waals surface area (Å²) in [6.07, 6.45) is 4.86. The number of anilines is 3. The molecule has 1 aliphatic heterocycles. The van der Waals surface area contributed by atoms with Crippen molar-refractivity contribution >= 4 is 52.3 Å². The van der Waals surface area contributed by atoms with Crippen molar-refractivity contribution in [3.05, 3.63) is 95.6 Å². The molecular weight excluding hydrogens is 418 g/mol. The second-order valence-electron chi connectivity index (χ2n) is 7.51. The summed E-state index contributed by atoms with van der Waals surface area (Å²) in [6, 6.07) is 23.3. The molecule has 160 valence electrons. The van der Waals surface area contributed by atoms with Crippen LogP contribution < -0.4 is 15.5 Å². The predicted molar refractivity (Wildman–Crippen MR) is 133 cm³/mol. The highest BCUT2D eigenvalue weighted by atomic mass is 32.1. The maximum atomic E-state index is 12.6. The number of para-hydroxylation sites is 1. The van der Waals surface area contributed by atoms with E-state index in [9.17, 15) is 9.59 Å². The lowest BCUT2D eigenvalue weighted by Gasteiger charge is -2.24. The first-order valence-corrected chi connectivity index (χ1v) is 10.8. The van der Waals surface area contributed by atoms with Gasteiger partial charge >= 0.3 is 0 Å². The summed E-state index contributed by atoms with van der Waals surface area (Å²) in [6.45, 7) is 1.57. The van der Waals surface area contributed by atoms with Gasteiger partial charge in [0.2, 0.25) is 11.8 Å². The van der Waals surface area contributed by atoms with Gasteiger partial charge in [-0.2, -0.15) is 0 Å². The third-order valence-corrected chi connectivity index (χ3v) is 5.46. The van der Waals surface area contributed by atoms with E-state index in [1.54, 1.807) is 17.9 Å². The number of hydrogen-bond donors (Lipinski definition) is 2. The first kappa shape index (κ1) is 21.5. The van der Waals surface area contributed by atoms with E-state index in [0.29, 0.717) is 5.69 Å². The van der Waals surface area contributed by atoms with E-state index in [-0.39, 0.29) is 16.9 Å². The highest BCUT2D eigenvalue weighted by Gasteiger charge is 2.23. The van der Waals surface area contributed by atoms with Gasteiger partial charge < -0.3 is 5.32 Å². The maximum Gasteiger partial charge on any atom is 0.250 e. The molecule has 0 aromatic heterocycles. The smallest absolute Gasteiger partial charge is 0.250 e. The molecule has 4 rings (SSSR count). The van der Waals surface area contributed by atoms with Crippen molar-refractivity contribution in [2.45, 2.75) is 19.8 Å². The van der Waals surface area contributed by atoms with Gasteiger partial charge in [-0.3, -0.25) is 19.8 Å². The molecule has 3 aromatic rings. The van der Waals surface area contributed by atoms with Gasteiger partial charge in [-0.25, -0.2) is 0 Å². The summed E-state index contributed by atoms with van der Waals surface area (Å²) in [7, 11) is 0. The Morgan fingerprint density at radius 3 is 2.34 bits per heavy atom. The van der Waals surface area contributed by atoms with Crippen molar-refractivity contribution in [2.24, 2.45) is 0 Å². The molecule has 3 aromatic carbocycles. The van der Waals surface area contributed by atoms with E-state index in [0.717, 1.165) is 40.9 Å². The minimum absolute atomic E-state index is 0.0559. The minimum Gasteiger partial charge on any atom is -0.332 e. The molecule has 1 aliphatic rings. The topological polar surface area (TPSA) is 61.4 Å². The number of carbonyl (C=O) groups excluding carboxylic acids is 2. The molecule has 0 saturated carbocycles. The molecule has 0 atom stereocenters. The van der Waals surface area contributed by atoms with Gasteiger partial charge in [-0.15, -0.1) is 0 Å². The summed E-state index contributed by atoms with van der Waals surface area (Å²) >= 11 is 5.31. The molecule has 0 fully saturated rings. The third-order valence-electron chi connectivity index (χ3n) is 5.26. The molecule has 1 heterocycles. The number of rotatable bonds is 3. The number of fused-ring (bicyclic) bond motifs is 2. The van der Waals surface area contributed by atoms with Crippen LogP contribution in [-0.4, -0.2) is 16.9 Å². The SMILES string of the molecule is CC(=O)N1c2ccccc2CCc2ccc(NC(=S)NC(=O)/C=C/c3ccccc3)cc21. The second kappa shape index (κ2) is 9.58. The van der Waals surface area contributed by atoms with Crippen LogP contribution in [0.3, 0.4) is 0 Å².